The third-order valence-corrected chi connectivity index (χ3v) is 6.16. The minimum Gasteiger partial charge on any atom is -0.337 e. The molecule has 0 bridgehead atoms. The summed E-state index contributed by atoms with van der Waals surface area (Å²) >= 11 is 1.46. The van der Waals surface area contributed by atoms with Crippen molar-refractivity contribution >= 4 is 28.7 Å². The van der Waals surface area contributed by atoms with Crippen molar-refractivity contribution in [1.29, 1.82) is 5.26 Å². The number of fused-ring (bicyclic) bond motifs is 1. The molecule has 1 aromatic heterocycles. The molecule has 0 spiro atoms. The van der Waals surface area contributed by atoms with Gasteiger partial charge in [0.15, 0.2) is 5.16 Å². The summed E-state index contributed by atoms with van der Waals surface area (Å²) in [4.78, 5) is 17.2. The second-order valence-corrected chi connectivity index (χ2v) is 8.75. The summed E-state index contributed by atoms with van der Waals surface area (Å²) in [6.07, 6.45) is 5.74. The van der Waals surface area contributed by atoms with Crippen LogP contribution in [-0.2, 0) is 11.3 Å². The molecule has 0 atom stereocenters. The number of nitriles is 1. The van der Waals surface area contributed by atoms with Crippen molar-refractivity contribution in [3.8, 4) is 6.07 Å². The molecule has 27 heavy (non-hydrogen) atoms. The number of aromatic nitrogens is 2. The first-order valence-corrected chi connectivity index (χ1v) is 10.8. The van der Waals surface area contributed by atoms with E-state index in [1.807, 2.05) is 18.2 Å². The first-order valence-electron chi connectivity index (χ1n) is 9.83. The lowest BCUT2D eigenvalue weighted by Gasteiger charge is -2.31. The number of hydrogen-bond donors (Lipinski definition) is 1. The molecule has 2 aromatic rings. The van der Waals surface area contributed by atoms with Gasteiger partial charge in [0.2, 0.25) is 5.91 Å². The van der Waals surface area contributed by atoms with Crippen LogP contribution in [0.15, 0.2) is 29.4 Å². The maximum atomic E-state index is 12.5. The molecule has 0 unspecified atom stereocenters. The van der Waals surface area contributed by atoms with Crippen molar-refractivity contribution in [2.24, 2.45) is 5.92 Å². The summed E-state index contributed by atoms with van der Waals surface area (Å²) in [7, 11) is 0. The second-order valence-electron chi connectivity index (χ2n) is 7.81. The van der Waals surface area contributed by atoms with Crippen LogP contribution < -0.4 is 5.32 Å². The van der Waals surface area contributed by atoms with Gasteiger partial charge in [-0.2, -0.15) is 5.26 Å². The lowest BCUT2D eigenvalue weighted by Crippen LogP contribution is -2.49. The zero-order chi connectivity index (χ0) is 19.3. The summed E-state index contributed by atoms with van der Waals surface area (Å²) in [5.74, 6) is 0.814. The molecule has 3 rings (SSSR count). The monoisotopic (exact) mass is 384 g/mol. The standard InChI is InChI=1S/C21H28N4OS/c1-16(2)10-13-25-18-9-5-4-8-17(18)23-20(25)27-14-19(26)24-21(15-22)11-6-3-7-12-21/h4-5,8-9,16H,3,6-7,10-14H2,1-2H3,(H,24,26). The maximum absolute atomic E-state index is 12.5. The number of hydrogen-bond acceptors (Lipinski definition) is 4. The van der Waals surface area contributed by atoms with Gasteiger partial charge in [0.25, 0.3) is 0 Å². The topological polar surface area (TPSA) is 70.7 Å². The smallest absolute Gasteiger partial charge is 0.231 e. The molecule has 1 aliphatic rings. The Balaban J connectivity index is 1.69. The lowest BCUT2D eigenvalue weighted by atomic mass is 9.83. The Morgan fingerprint density at radius 3 is 2.78 bits per heavy atom. The summed E-state index contributed by atoms with van der Waals surface area (Å²) in [6, 6.07) is 10.5. The van der Waals surface area contributed by atoms with Crippen LogP contribution in [0.1, 0.15) is 52.4 Å². The number of benzene rings is 1. The van der Waals surface area contributed by atoms with Gasteiger partial charge in [-0.15, -0.1) is 0 Å². The number of nitrogens with one attached hydrogen (secondary N) is 1. The molecule has 6 heteroatoms. The van der Waals surface area contributed by atoms with Gasteiger partial charge in [-0.1, -0.05) is 57.0 Å². The van der Waals surface area contributed by atoms with E-state index in [2.05, 4.69) is 35.9 Å². The average molecular weight is 385 g/mol. The predicted octanol–water partition coefficient (Wildman–Crippen LogP) is 4.52. The largest absolute Gasteiger partial charge is 0.337 e. The summed E-state index contributed by atoms with van der Waals surface area (Å²) < 4.78 is 2.22. The number of rotatable bonds is 7. The number of aryl methyl sites for hydroxylation is 1. The van der Waals surface area contributed by atoms with E-state index in [1.165, 1.54) is 11.8 Å². The number of carbonyl (C=O) groups excluding carboxylic acids is 1. The average Bonchev–Trinajstić information content (AvgIpc) is 3.03. The second kappa shape index (κ2) is 8.79. The van der Waals surface area contributed by atoms with Gasteiger partial charge in [0, 0.05) is 6.54 Å². The predicted molar refractivity (Wildman–Crippen MR) is 109 cm³/mol. The minimum atomic E-state index is -0.673. The molecule has 1 aromatic carbocycles. The van der Waals surface area contributed by atoms with E-state index in [4.69, 9.17) is 4.98 Å². The minimum absolute atomic E-state index is 0.0779. The van der Waals surface area contributed by atoms with Crippen LogP contribution in [0.5, 0.6) is 0 Å². The Morgan fingerprint density at radius 1 is 1.33 bits per heavy atom. The van der Waals surface area contributed by atoms with E-state index in [1.54, 1.807) is 0 Å². The fraction of sp³-hybridized carbons (Fsp3) is 0.571. The summed E-state index contributed by atoms with van der Waals surface area (Å²) in [5, 5.41) is 13.4. The number of imidazole rings is 1. The molecule has 1 fully saturated rings. The van der Waals surface area contributed by atoms with E-state index in [-0.39, 0.29) is 11.7 Å². The highest BCUT2D eigenvalue weighted by Gasteiger charge is 2.33. The molecule has 1 amide bonds. The Kier molecular flexibility index (Phi) is 6.43. The fourth-order valence-electron chi connectivity index (χ4n) is 3.62. The SMILES string of the molecule is CC(C)CCn1c(SCC(=O)NC2(C#N)CCCCC2)nc2ccccc21. The Hall–Kier alpha value is -2.00. The first kappa shape index (κ1) is 19.8. The highest BCUT2D eigenvalue weighted by Crippen LogP contribution is 2.29. The third-order valence-electron chi connectivity index (χ3n) is 5.18. The van der Waals surface area contributed by atoms with Gasteiger partial charge in [0.05, 0.1) is 22.9 Å². The Labute approximate surface area is 165 Å². The molecule has 144 valence electrons. The molecular formula is C21H28N4OS. The molecule has 0 radical (unpaired) electrons. The third kappa shape index (κ3) is 4.84. The van der Waals surface area contributed by atoms with Crippen LogP contribution in [0.3, 0.4) is 0 Å². The number of thioether (sulfide) groups is 1. The molecule has 1 aliphatic carbocycles. The highest BCUT2D eigenvalue weighted by atomic mass is 32.2. The molecule has 0 aliphatic heterocycles. The zero-order valence-corrected chi connectivity index (χ0v) is 17.0. The molecule has 0 saturated heterocycles. The van der Waals surface area contributed by atoms with E-state index < -0.39 is 5.54 Å². The van der Waals surface area contributed by atoms with Crippen LogP contribution in [0.25, 0.3) is 11.0 Å². The van der Waals surface area contributed by atoms with Crippen molar-refractivity contribution in [3.05, 3.63) is 24.3 Å². The molecule has 1 saturated carbocycles. The van der Waals surface area contributed by atoms with Crippen LogP contribution in [0.2, 0.25) is 0 Å². The van der Waals surface area contributed by atoms with Crippen molar-refractivity contribution in [2.45, 2.75) is 69.6 Å². The Morgan fingerprint density at radius 2 is 2.07 bits per heavy atom. The molecule has 5 nitrogen and oxygen atoms in total. The highest BCUT2D eigenvalue weighted by molar-refractivity contribution is 7.99. The molecule has 1 N–H and O–H groups in total. The van der Waals surface area contributed by atoms with Crippen LogP contribution in [0.4, 0.5) is 0 Å². The van der Waals surface area contributed by atoms with Crippen molar-refractivity contribution in [2.75, 3.05) is 5.75 Å². The van der Waals surface area contributed by atoms with E-state index in [0.717, 1.165) is 61.3 Å². The van der Waals surface area contributed by atoms with E-state index >= 15 is 0 Å². The number of nitrogens with zero attached hydrogens (tertiary/aromatic N) is 3. The van der Waals surface area contributed by atoms with Gasteiger partial charge in [0.1, 0.15) is 5.54 Å². The fourth-order valence-corrected chi connectivity index (χ4v) is 4.46. The zero-order valence-electron chi connectivity index (χ0n) is 16.2. The van der Waals surface area contributed by atoms with Gasteiger partial charge < -0.3 is 9.88 Å². The Bertz CT molecular complexity index is 830. The van der Waals surface area contributed by atoms with Crippen molar-refractivity contribution < 1.29 is 4.79 Å². The van der Waals surface area contributed by atoms with Crippen molar-refractivity contribution in [1.82, 2.24) is 14.9 Å². The lowest BCUT2D eigenvalue weighted by molar-refractivity contribution is -0.120. The maximum Gasteiger partial charge on any atom is 0.231 e. The van der Waals surface area contributed by atoms with Gasteiger partial charge in [-0.3, -0.25) is 4.79 Å². The normalized spacial score (nSPS) is 16.4. The van der Waals surface area contributed by atoms with Crippen molar-refractivity contribution in [3.63, 3.8) is 0 Å². The van der Waals surface area contributed by atoms with Crippen LogP contribution in [0, 0.1) is 17.2 Å². The van der Waals surface area contributed by atoms with E-state index in [9.17, 15) is 10.1 Å². The quantitative estimate of drug-likeness (QED) is 0.713. The van der Waals surface area contributed by atoms with Gasteiger partial charge in [-0.05, 0) is 37.3 Å². The summed E-state index contributed by atoms with van der Waals surface area (Å²) in [6.45, 7) is 5.32. The number of para-hydroxylation sites is 2. The molecular weight excluding hydrogens is 356 g/mol. The van der Waals surface area contributed by atoms with Crippen LogP contribution >= 0.6 is 11.8 Å². The van der Waals surface area contributed by atoms with E-state index in [0.29, 0.717) is 5.92 Å². The van der Waals surface area contributed by atoms with Crippen LogP contribution in [-0.4, -0.2) is 26.8 Å². The molecule has 1 heterocycles. The van der Waals surface area contributed by atoms with Gasteiger partial charge >= 0.3 is 0 Å². The van der Waals surface area contributed by atoms with Gasteiger partial charge in [-0.25, -0.2) is 4.98 Å². The number of carbonyl (C=O) groups is 1. The first-order chi connectivity index (χ1) is 13.0. The summed E-state index contributed by atoms with van der Waals surface area (Å²) in [5.41, 5.74) is 1.40. The number of amides is 1.